The molecule has 1 aliphatic carbocycles. The normalized spacial score (nSPS) is 18.9. The zero-order valence-corrected chi connectivity index (χ0v) is 16.7. The van der Waals surface area contributed by atoms with Crippen LogP contribution in [0, 0.1) is 10.1 Å². The highest BCUT2D eigenvalue weighted by molar-refractivity contribution is 7.80. The number of thiocarbonyl (C=S) groups is 1. The van der Waals surface area contributed by atoms with E-state index >= 15 is 0 Å². The van der Waals surface area contributed by atoms with Crippen LogP contribution in [-0.4, -0.2) is 29.5 Å². The minimum absolute atomic E-state index is 0.0126. The summed E-state index contributed by atoms with van der Waals surface area (Å²) in [5, 5.41) is 18.2. The molecule has 0 saturated carbocycles. The number of methoxy groups -OCH3 is 1. The molecule has 1 aromatic rings. The van der Waals surface area contributed by atoms with E-state index in [1.807, 2.05) is 6.92 Å². The summed E-state index contributed by atoms with van der Waals surface area (Å²) < 4.78 is 11.0. The number of hydrogen-bond acceptors (Lipinski definition) is 6. The lowest BCUT2D eigenvalue weighted by Crippen LogP contribution is -2.46. The van der Waals surface area contributed by atoms with Crippen molar-refractivity contribution in [3.05, 3.63) is 39.1 Å². The first-order valence-electron chi connectivity index (χ1n) is 9.29. The number of allylic oxidation sites excluding steroid dienone is 1. The third-order valence-corrected chi connectivity index (χ3v) is 5.06. The fourth-order valence-corrected chi connectivity index (χ4v) is 3.72. The maximum atomic E-state index is 12.6. The summed E-state index contributed by atoms with van der Waals surface area (Å²) >= 11 is 5.27. The van der Waals surface area contributed by atoms with Crippen molar-refractivity contribution >= 4 is 28.8 Å². The summed E-state index contributed by atoms with van der Waals surface area (Å²) in [6, 6.07) is 2.54. The Balaban J connectivity index is 2.08. The highest BCUT2D eigenvalue weighted by Gasteiger charge is 2.35. The second-order valence-electron chi connectivity index (χ2n) is 6.73. The molecule has 2 N–H and O–H groups in total. The van der Waals surface area contributed by atoms with E-state index in [1.54, 1.807) is 6.07 Å². The van der Waals surface area contributed by atoms with Crippen molar-refractivity contribution in [1.29, 1.82) is 0 Å². The molecule has 0 saturated heterocycles. The van der Waals surface area contributed by atoms with Crippen molar-refractivity contribution in [2.75, 3.05) is 13.7 Å². The number of nitrogens with one attached hydrogen (secondary N) is 2. The molecular formula is C19H23N3O5S. The first kappa shape index (κ1) is 20.1. The molecule has 0 aromatic heterocycles. The predicted molar refractivity (Wildman–Crippen MR) is 108 cm³/mol. The molecule has 0 spiro atoms. The maximum absolute atomic E-state index is 12.6. The standard InChI is InChI=1S/C19H23N3O5S/c1-3-4-8-27-18-13(22(24)25)9-11(10-15(18)26-2)17-16-12(20-19(28)21-17)6-5-7-14(16)23/h9-10,17H,3-8H2,1-2H3,(H2,20,21,28). The van der Waals surface area contributed by atoms with Gasteiger partial charge in [-0.15, -0.1) is 0 Å². The van der Waals surface area contributed by atoms with Crippen LogP contribution in [0.5, 0.6) is 11.5 Å². The van der Waals surface area contributed by atoms with Crippen LogP contribution in [0.3, 0.4) is 0 Å². The molecule has 0 bridgehead atoms. The van der Waals surface area contributed by atoms with Crippen LogP contribution in [-0.2, 0) is 4.79 Å². The minimum Gasteiger partial charge on any atom is -0.493 e. The molecule has 1 unspecified atom stereocenters. The number of ketones is 1. The minimum atomic E-state index is -0.561. The van der Waals surface area contributed by atoms with E-state index in [1.165, 1.54) is 13.2 Å². The number of hydrogen-bond donors (Lipinski definition) is 2. The van der Waals surface area contributed by atoms with E-state index in [0.29, 0.717) is 29.3 Å². The van der Waals surface area contributed by atoms with Crippen molar-refractivity contribution in [2.45, 2.75) is 45.1 Å². The zero-order valence-electron chi connectivity index (χ0n) is 15.9. The molecule has 1 heterocycles. The molecule has 2 aliphatic rings. The second-order valence-corrected chi connectivity index (χ2v) is 7.14. The van der Waals surface area contributed by atoms with Gasteiger partial charge >= 0.3 is 5.69 Å². The summed E-state index contributed by atoms with van der Waals surface area (Å²) in [5.41, 5.74) is 1.71. The van der Waals surface area contributed by atoms with Crippen molar-refractivity contribution in [3.8, 4) is 11.5 Å². The number of benzene rings is 1. The largest absolute Gasteiger partial charge is 0.493 e. The van der Waals surface area contributed by atoms with Crippen molar-refractivity contribution in [2.24, 2.45) is 0 Å². The lowest BCUT2D eigenvalue weighted by atomic mass is 9.85. The first-order valence-corrected chi connectivity index (χ1v) is 9.70. The fourth-order valence-electron chi connectivity index (χ4n) is 3.48. The van der Waals surface area contributed by atoms with Crippen molar-refractivity contribution in [3.63, 3.8) is 0 Å². The van der Waals surface area contributed by atoms with Crippen LogP contribution in [0.25, 0.3) is 0 Å². The molecule has 0 radical (unpaired) electrons. The zero-order chi connectivity index (χ0) is 20.3. The Morgan fingerprint density at radius 3 is 2.82 bits per heavy atom. The Morgan fingerprint density at radius 1 is 1.36 bits per heavy atom. The van der Waals surface area contributed by atoms with Crippen molar-refractivity contribution in [1.82, 2.24) is 10.6 Å². The Labute approximate surface area is 168 Å². The van der Waals surface area contributed by atoms with Gasteiger partial charge in [0.2, 0.25) is 5.75 Å². The van der Waals surface area contributed by atoms with Crippen molar-refractivity contribution < 1.29 is 19.2 Å². The van der Waals surface area contributed by atoms with Gasteiger partial charge in [0.15, 0.2) is 16.6 Å². The number of rotatable bonds is 7. The van der Waals surface area contributed by atoms with Gasteiger partial charge in [-0.1, -0.05) is 13.3 Å². The third kappa shape index (κ3) is 3.94. The topological polar surface area (TPSA) is 103 Å². The van der Waals surface area contributed by atoms with Gasteiger partial charge in [0.1, 0.15) is 0 Å². The predicted octanol–water partition coefficient (Wildman–Crippen LogP) is 3.31. The van der Waals surface area contributed by atoms with Gasteiger partial charge in [-0.2, -0.15) is 0 Å². The summed E-state index contributed by atoms with van der Waals surface area (Å²) in [4.78, 5) is 23.8. The molecule has 9 heteroatoms. The van der Waals surface area contributed by atoms with Crippen LogP contribution in [0.4, 0.5) is 5.69 Å². The van der Waals surface area contributed by atoms with Gasteiger partial charge < -0.3 is 20.1 Å². The smallest absolute Gasteiger partial charge is 0.315 e. The number of Topliss-reactive ketones (excluding diaryl/α,β-unsaturated/α-hetero) is 1. The summed E-state index contributed by atoms with van der Waals surface area (Å²) in [5.74, 6) is 0.376. The second kappa shape index (κ2) is 8.55. The average Bonchev–Trinajstić information content (AvgIpc) is 2.67. The summed E-state index contributed by atoms with van der Waals surface area (Å²) in [6.07, 6.45) is 3.61. The van der Waals surface area contributed by atoms with E-state index in [4.69, 9.17) is 21.7 Å². The summed E-state index contributed by atoms with van der Waals surface area (Å²) in [7, 11) is 1.44. The Hall–Kier alpha value is -2.68. The monoisotopic (exact) mass is 405 g/mol. The fraction of sp³-hybridized carbons (Fsp3) is 0.474. The molecule has 1 aliphatic heterocycles. The maximum Gasteiger partial charge on any atom is 0.315 e. The number of nitro groups is 1. The van der Waals surface area contributed by atoms with Crippen LogP contribution in [0.1, 0.15) is 50.6 Å². The van der Waals surface area contributed by atoms with Gasteiger partial charge in [0, 0.05) is 23.8 Å². The molecular weight excluding hydrogens is 382 g/mol. The third-order valence-electron chi connectivity index (χ3n) is 4.84. The van der Waals surface area contributed by atoms with Crippen LogP contribution in [0.2, 0.25) is 0 Å². The van der Waals surface area contributed by atoms with Gasteiger partial charge in [-0.25, -0.2) is 0 Å². The molecule has 150 valence electrons. The number of carbonyl (C=O) groups is 1. The SMILES string of the molecule is CCCCOc1c(OC)cc(C2NC(=S)NC3=C2C(=O)CCC3)cc1[N+](=O)[O-]. The Kier molecular flexibility index (Phi) is 6.13. The number of carbonyl (C=O) groups excluding carboxylic acids is 1. The molecule has 8 nitrogen and oxygen atoms in total. The molecule has 3 rings (SSSR count). The Morgan fingerprint density at radius 2 is 2.14 bits per heavy atom. The number of unbranched alkanes of at least 4 members (excludes halogenated alkanes) is 1. The highest BCUT2D eigenvalue weighted by Crippen LogP contribution is 2.42. The van der Waals surface area contributed by atoms with Gasteiger partial charge in [0.25, 0.3) is 0 Å². The van der Waals surface area contributed by atoms with E-state index in [2.05, 4.69) is 10.6 Å². The lowest BCUT2D eigenvalue weighted by Gasteiger charge is -2.33. The number of ether oxygens (including phenoxy) is 2. The van der Waals surface area contributed by atoms with E-state index in [9.17, 15) is 14.9 Å². The number of nitrogens with zero attached hydrogens (tertiary/aromatic N) is 1. The van der Waals surface area contributed by atoms with Crippen LogP contribution < -0.4 is 20.1 Å². The quantitative estimate of drug-likeness (QED) is 0.308. The average molecular weight is 405 g/mol. The van der Waals surface area contributed by atoms with Gasteiger partial charge in [0.05, 0.1) is 24.7 Å². The number of nitro benzene ring substituents is 1. The molecule has 1 aromatic carbocycles. The van der Waals surface area contributed by atoms with E-state index < -0.39 is 11.0 Å². The molecule has 0 amide bonds. The summed E-state index contributed by atoms with van der Waals surface area (Å²) in [6.45, 7) is 2.37. The van der Waals surface area contributed by atoms with Crippen LogP contribution >= 0.6 is 12.2 Å². The molecule has 1 atom stereocenters. The van der Waals surface area contributed by atoms with Gasteiger partial charge in [-0.3, -0.25) is 14.9 Å². The van der Waals surface area contributed by atoms with E-state index in [-0.39, 0.29) is 23.0 Å². The molecule has 28 heavy (non-hydrogen) atoms. The Bertz CT molecular complexity index is 852. The van der Waals surface area contributed by atoms with Crippen LogP contribution in [0.15, 0.2) is 23.4 Å². The lowest BCUT2D eigenvalue weighted by molar-refractivity contribution is -0.386. The highest BCUT2D eigenvalue weighted by atomic mass is 32.1. The molecule has 0 fully saturated rings. The first-order chi connectivity index (χ1) is 13.5. The van der Waals surface area contributed by atoms with Gasteiger partial charge in [-0.05, 0) is 43.1 Å². The van der Waals surface area contributed by atoms with E-state index in [0.717, 1.165) is 31.4 Å².